The van der Waals surface area contributed by atoms with Gasteiger partial charge in [-0.1, -0.05) is 18.2 Å². The van der Waals surface area contributed by atoms with Gasteiger partial charge in [-0.15, -0.1) is 0 Å². The van der Waals surface area contributed by atoms with Crippen LogP contribution in [0, 0.1) is 0 Å². The van der Waals surface area contributed by atoms with E-state index in [9.17, 15) is 9.00 Å². The molecule has 20 heavy (non-hydrogen) atoms. The van der Waals surface area contributed by atoms with Crippen molar-refractivity contribution in [1.82, 2.24) is 0 Å². The molecule has 0 saturated carbocycles. The Labute approximate surface area is 120 Å². The van der Waals surface area contributed by atoms with Crippen molar-refractivity contribution in [3.8, 4) is 5.75 Å². The zero-order valence-electron chi connectivity index (χ0n) is 11.0. The molecule has 0 saturated heterocycles. The van der Waals surface area contributed by atoms with Crippen LogP contribution in [0.1, 0.15) is 0 Å². The van der Waals surface area contributed by atoms with E-state index in [1.165, 1.54) is 0 Å². The molecule has 2 aromatic carbocycles. The number of hydrogen-bond acceptors (Lipinski definition) is 3. The molecule has 0 aliphatic carbocycles. The van der Waals surface area contributed by atoms with Crippen LogP contribution in [-0.4, -0.2) is 23.0 Å². The second-order valence-corrected chi connectivity index (χ2v) is 5.53. The minimum Gasteiger partial charge on any atom is -0.497 e. The van der Waals surface area contributed by atoms with E-state index in [2.05, 4.69) is 5.32 Å². The minimum atomic E-state index is -1.37. The van der Waals surface area contributed by atoms with Crippen LogP contribution in [0.15, 0.2) is 59.5 Å². The third-order valence-corrected chi connectivity index (χ3v) is 3.96. The molecule has 0 spiro atoms. The topological polar surface area (TPSA) is 55.4 Å². The largest absolute Gasteiger partial charge is 0.497 e. The Morgan fingerprint density at radius 2 is 1.75 bits per heavy atom. The van der Waals surface area contributed by atoms with Crippen LogP contribution in [0.25, 0.3) is 0 Å². The summed E-state index contributed by atoms with van der Waals surface area (Å²) in [5.74, 6) is 0.353. The van der Waals surface area contributed by atoms with E-state index < -0.39 is 10.8 Å². The van der Waals surface area contributed by atoms with Gasteiger partial charge in [0.05, 0.1) is 17.9 Å². The number of carbonyl (C=O) groups is 1. The molecule has 1 atom stereocenters. The van der Waals surface area contributed by atoms with Crippen LogP contribution in [0.5, 0.6) is 5.75 Å². The van der Waals surface area contributed by atoms with Gasteiger partial charge in [-0.3, -0.25) is 9.00 Å². The van der Waals surface area contributed by atoms with E-state index in [1.54, 1.807) is 43.5 Å². The summed E-state index contributed by atoms with van der Waals surface area (Å²) in [5, 5.41) is 2.71. The molecule has 1 amide bonds. The normalized spacial score (nSPS) is 11.7. The number of hydrogen-bond donors (Lipinski definition) is 1. The lowest BCUT2D eigenvalue weighted by Crippen LogP contribution is -2.19. The summed E-state index contributed by atoms with van der Waals surface area (Å²) < 4.78 is 17.1. The number of amides is 1. The SMILES string of the molecule is COc1ccc([S@@](=O)CC(=O)Nc2ccccc2)cc1. The molecule has 0 aliphatic rings. The van der Waals surface area contributed by atoms with Crippen molar-refractivity contribution in [1.29, 1.82) is 0 Å². The van der Waals surface area contributed by atoms with Gasteiger partial charge >= 0.3 is 0 Å². The fourth-order valence-electron chi connectivity index (χ4n) is 1.65. The third kappa shape index (κ3) is 3.93. The van der Waals surface area contributed by atoms with Gasteiger partial charge in [0.1, 0.15) is 11.5 Å². The fraction of sp³-hybridized carbons (Fsp3) is 0.133. The van der Waals surface area contributed by atoms with Crippen molar-refractivity contribution in [2.24, 2.45) is 0 Å². The molecule has 0 radical (unpaired) electrons. The Morgan fingerprint density at radius 1 is 1.10 bits per heavy atom. The average molecular weight is 289 g/mol. The van der Waals surface area contributed by atoms with Gasteiger partial charge < -0.3 is 10.1 Å². The molecule has 0 bridgehead atoms. The Balaban J connectivity index is 1.95. The summed E-state index contributed by atoms with van der Waals surface area (Å²) >= 11 is 0. The molecule has 0 aromatic heterocycles. The molecule has 0 fully saturated rings. The van der Waals surface area contributed by atoms with E-state index in [4.69, 9.17) is 4.74 Å². The summed E-state index contributed by atoms with van der Waals surface area (Å²) in [7, 11) is 0.204. The molecular formula is C15H15NO3S. The number of nitrogens with one attached hydrogen (secondary N) is 1. The molecule has 2 rings (SSSR count). The monoisotopic (exact) mass is 289 g/mol. The number of ether oxygens (including phenoxy) is 1. The van der Waals surface area contributed by atoms with E-state index in [1.807, 2.05) is 18.2 Å². The van der Waals surface area contributed by atoms with Crippen LogP contribution >= 0.6 is 0 Å². The van der Waals surface area contributed by atoms with E-state index in [0.717, 1.165) is 0 Å². The fourth-order valence-corrected chi connectivity index (χ4v) is 2.57. The standard InChI is InChI=1S/C15H15NO3S/c1-19-13-7-9-14(10-8-13)20(18)11-15(17)16-12-5-3-2-4-6-12/h2-10H,11H2,1H3,(H,16,17)/t20-/m0/s1. The quantitative estimate of drug-likeness (QED) is 0.920. The summed E-state index contributed by atoms with van der Waals surface area (Å²) in [6.07, 6.45) is 0. The van der Waals surface area contributed by atoms with E-state index in [0.29, 0.717) is 16.3 Å². The maximum Gasteiger partial charge on any atom is 0.237 e. The number of carbonyl (C=O) groups excluding carboxylic acids is 1. The van der Waals surface area contributed by atoms with Gasteiger partial charge in [0.2, 0.25) is 5.91 Å². The number of rotatable bonds is 5. The van der Waals surface area contributed by atoms with Crippen LogP contribution in [0.2, 0.25) is 0 Å². The Morgan fingerprint density at radius 3 is 2.35 bits per heavy atom. The molecule has 4 nitrogen and oxygen atoms in total. The van der Waals surface area contributed by atoms with Crippen molar-refractivity contribution in [3.05, 3.63) is 54.6 Å². The predicted molar refractivity (Wildman–Crippen MR) is 79.3 cm³/mol. The predicted octanol–water partition coefficient (Wildman–Crippen LogP) is 2.44. The van der Waals surface area contributed by atoms with Crippen molar-refractivity contribution in [3.63, 3.8) is 0 Å². The van der Waals surface area contributed by atoms with Gasteiger partial charge in [0.25, 0.3) is 0 Å². The molecular weight excluding hydrogens is 274 g/mol. The first-order chi connectivity index (χ1) is 9.69. The van der Waals surface area contributed by atoms with Gasteiger partial charge in [-0.25, -0.2) is 0 Å². The molecule has 0 unspecified atom stereocenters. The smallest absolute Gasteiger partial charge is 0.237 e. The summed E-state index contributed by atoms with van der Waals surface area (Å²) in [6.45, 7) is 0. The lowest BCUT2D eigenvalue weighted by Gasteiger charge is -2.06. The second-order valence-electron chi connectivity index (χ2n) is 4.08. The van der Waals surface area contributed by atoms with Crippen LogP contribution in [0.4, 0.5) is 5.69 Å². The maximum atomic E-state index is 12.1. The Hall–Kier alpha value is -2.14. The van der Waals surface area contributed by atoms with Gasteiger partial charge in [0.15, 0.2) is 0 Å². The minimum absolute atomic E-state index is 0.0682. The first-order valence-electron chi connectivity index (χ1n) is 6.06. The van der Waals surface area contributed by atoms with E-state index in [-0.39, 0.29) is 11.7 Å². The van der Waals surface area contributed by atoms with Crippen molar-refractivity contribution in [2.75, 3.05) is 18.2 Å². The number of methoxy groups -OCH3 is 1. The zero-order chi connectivity index (χ0) is 14.4. The highest BCUT2D eigenvalue weighted by Crippen LogP contribution is 2.14. The van der Waals surface area contributed by atoms with Crippen molar-refractivity contribution < 1.29 is 13.7 Å². The molecule has 0 heterocycles. The van der Waals surface area contributed by atoms with Gasteiger partial charge in [-0.05, 0) is 36.4 Å². The summed E-state index contributed by atoms with van der Waals surface area (Å²) in [6, 6.07) is 15.9. The van der Waals surface area contributed by atoms with Crippen molar-refractivity contribution in [2.45, 2.75) is 4.90 Å². The molecule has 0 aliphatic heterocycles. The van der Waals surface area contributed by atoms with Crippen LogP contribution in [-0.2, 0) is 15.6 Å². The van der Waals surface area contributed by atoms with Crippen LogP contribution in [0.3, 0.4) is 0 Å². The molecule has 104 valence electrons. The summed E-state index contributed by atoms with van der Waals surface area (Å²) in [4.78, 5) is 12.4. The third-order valence-electron chi connectivity index (χ3n) is 2.64. The second kappa shape index (κ2) is 6.86. The highest BCUT2D eigenvalue weighted by molar-refractivity contribution is 7.85. The number of anilines is 1. The zero-order valence-corrected chi connectivity index (χ0v) is 11.9. The summed E-state index contributed by atoms with van der Waals surface area (Å²) in [5.41, 5.74) is 0.698. The average Bonchev–Trinajstić information content (AvgIpc) is 2.48. The van der Waals surface area contributed by atoms with Crippen molar-refractivity contribution >= 4 is 22.4 Å². The van der Waals surface area contributed by atoms with Crippen LogP contribution < -0.4 is 10.1 Å². The highest BCUT2D eigenvalue weighted by Gasteiger charge is 2.10. The van der Waals surface area contributed by atoms with E-state index >= 15 is 0 Å². The number of benzene rings is 2. The van der Waals surface area contributed by atoms with Gasteiger partial charge in [0, 0.05) is 10.6 Å². The first-order valence-corrected chi connectivity index (χ1v) is 7.38. The Kier molecular flexibility index (Phi) is 4.90. The molecule has 1 N–H and O–H groups in total. The lowest BCUT2D eigenvalue weighted by molar-refractivity contribution is -0.113. The number of para-hydroxylation sites is 1. The maximum absolute atomic E-state index is 12.1. The molecule has 2 aromatic rings. The molecule has 5 heteroatoms. The Bertz CT molecular complexity index is 596. The lowest BCUT2D eigenvalue weighted by atomic mass is 10.3. The first kappa shape index (κ1) is 14.3. The van der Waals surface area contributed by atoms with Gasteiger partial charge in [-0.2, -0.15) is 0 Å². The highest BCUT2D eigenvalue weighted by atomic mass is 32.2.